The molecule has 0 fully saturated rings. The molecule has 0 aromatic heterocycles. The van der Waals surface area contributed by atoms with Crippen LogP contribution in [0.1, 0.15) is 12.8 Å². The largest absolute Gasteiger partial charge is 0.497 e. The molecule has 22 heavy (non-hydrogen) atoms. The van der Waals surface area contributed by atoms with Crippen molar-refractivity contribution in [1.82, 2.24) is 0 Å². The van der Waals surface area contributed by atoms with Crippen molar-refractivity contribution in [2.45, 2.75) is 12.8 Å². The number of ether oxygens (including phenoxy) is 3. The summed E-state index contributed by atoms with van der Waals surface area (Å²) in [6.07, 6.45) is 1.01. The lowest BCUT2D eigenvalue weighted by molar-refractivity contribution is -0.136. The van der Waals surface area contributed by atoms with Crippen molar-refractivity contribution in [3.8, 4) is 5.75 Å². The molecular formula is C16H20N2O4. The van der Waals surface area contributed by atoms with Gasteiger partial charge in [0.15, 0.2) is 0 Å². The Bertz CT molecular complexity index is 591. The van der Waals surface area contributed by atoms with E-state index in [1.54, 1.807) is 14.2 Å². The van der Waals surface area contributed by atoms with Gasteiger partial charge in [-0.1, -0.05) is 0 Å². The van der Waals surface area contributed by atoms with Crippen LogP contribution in [0.25, 0.3) is 0 Å². The van der Waals surface area contributed by atoms with Gasteiger partial charge >= 0.3 is 5.97 Å². The highest BCUT2D eigenvalue weighted by molar-refractivity contribution is 6.06. The van der Waals surface area contributed by atoms with Crippen LogP contribution in [-0.4, -0.2) is 39.7 Å². The SMILES string of the molecule is COCCC1=C(C(=O)OC)CC(Nc2ccc(OC)cc2)=N1. The fraction of sp³-hybridized carbons (Fsp3) is 0.375. The first-order valence-electron chi connectivity index (χ1n) is 6.96. The van der Waals surface area contributed by atoms with E-state index in [0.29, 0.717) is 30.7 Å². The van der Waals surface area contributed by atoms with E-state index < -0.39 is 0 Å². The van der Waals surface area contributed by atoms with Gasteiger partial charge in [0.2, 0.25) is 0 Å². The monoisotopic (exact) mass is 304 g/mol. The van der Waals surface area contributed by atoms with Gasteiger partial charge in [-0.3, -0.25) is 0 Å². The second-order valence-electron chi connectivity index (χ2n) is 4.75. The van der Waals surface area contributed by atoms with Crippen molar-refractivity contribution < 1.29 is 19.0 Å². The number of benzene rings is 1. The minimum Gasteiger partial charge on any atom is -0.497 e. The van der Waals surface area contributed by atoms with Gasteiger partial charge in [0.05, 0.1) is 32.1 Å². The number of nitrogens with zero attached hydrogens (tertiary/aromatic N) is 1. The number of carbonyl (C=O) groups is 1. The van der Waals surface area contributed by atoms with Crippen LogP contribution < -0.4 is 10.1 Å². The average Bonchev–Trinajstić information content (AvgIpc) is 2.95. The fourth-order valence-electron chi connectivity index (χ4n) is 2.17. The molecule has 0 atom stereocenters. The third kappa shape index (κ3) is 3.85. The molecule has 0 radical (unpaired) electrons. The van der Waals surface area contributed by atoms with Crippen LogP contribution in [0.2, 0.25) is 0 Å². The Morgan fingerprint density at radius 1 is 1.23 bits per heavy atom. The molecule has 1 aliphatic rings. The van der Waals surface area contributed by atoms with E-state index in [9.17, 15) is 4.79 Å². The summed E-state index contributed by atoms with van der Waals surface area (Å²) < 4.78 is 15.0. The zero-order valence-corrected chi connectivity index (χ0v) is 13.0. The Kier molecular flexibility index (Phi) is 5.55. The highest BCUT2D eigenvalue weighted by Gasteiger charge is 2.24. The number of carbonyl (C=O) groups excluding carboxylic acids is 1. The molecular weight excluding hydrogens is 284 g/mol. The molecule has 0 amide bonds. The zero-order valence-electron chi connectivity index (χ0n) is 13.0. The van der Waals surface area contributed by atoms with E-state index in [1.165, 1.54) is 7.11 Å². The number of rotatable bonds is 6. The van der Waals surface area contributed by atoms with Crippen LogP contribution in [0.15, 0.2) is 40.5 Å². The molecule has 0 bridgehead atoms. The maximum Gasteiger partial charge on any atom is 0.336 e. The molecule has 1 aromatic carbocycles. The Morgan fingerprint density at radius 3 is 2.55 bits per heavy atom. The van der Waals surface area contributed by atoms with Crippen LogP contribution >= 0.6 is 0 Å². The smallest absolute Gasteiger partial charge is 0.336 e. The molecule has 0 spiro atoms. The number of hydrogen-bond donors (Lipinski definition) is 1. The molecule has 1 heterocycles. The third-order valence-corrected chi connectivity index (χ3v) is 3.32. The Morgan fingerprint density at radius 2 is 1.95 bits per heavy atom. The molecule has 6 heteroatoms. The highest BCUT2D eigenvalue weighted by atomic mass is 16.5. The van der Waals surface area contributed by atoms with Crippen molar-refractivity contribution in [3.63, 3.8) is 0 Å². The van der Waals surface area contributed by atoms with Gasteiger partial charge in [-0.25, -0.2) is 9.79 Å². The lowest BCUT2D eigenvalue weighted by atomic mass is 10.1. The maximum atomic E-state index is 11.8. The standard InChI is InChI=1S/C16H20N2O4/c1-20-9-8-14-13(16(19)22-3)10-15(18-14)17-11-4-6-12(21-2)7-5-11/h4-7H,8-10H2,1-3H3,(H,17,18). The molecule has 1 N–H and O–H groups in total. The van der Waals surface area contributed by atoms with Crippen molar-refractivity contribution in [2.24, 2.45) is 4.99 Å². The van der Waals surface area contributed by atoms with E-state index in [4.69, 9.17) is 14.2 Å². The van der Waals surface area contributed by atoms with E-state index >= 15 is 0 Å². The van der Waals surface area contributed by atoms with Crippen LogP contribution in [0.5, 0.6) is 5.75 Å². The Labute approximate surface area is 129 Å². The van der Waals surface area contributed by atoms with Gasteiger partial charge in [-0.05, 0) is 24.3 Å². The average molecular weight is 304 g/mol. The summed E-state index contributed by atoms with van der Waals surface area (Å²) in [4.78, 5) is 16.3. The topological polar surface area (TPSA) is 69.2 Å². The van der Waals surface area contributed by atoms with Gasteiger partial charge in [-0.15, -0.1) is 0 Å². The molecule has 0 unspecified atom stereocenters. The number of nitrogens with one attached hydrogen (secondary N) is 1. The summed E-state index contributed by atoms with van der Waals surface area (Å²) in [5.74, 6) is 1.16. The van der Waals surface area contributed by atoms with Crippen LogP contribution in [-0.2, 0) is 14.3 Å². The molecule has 6 nitrogen and oxygen atoms in total. The summed E-state index contributed by atoms with van der Waals surface area (Å²) in [6.45, 7) is 0.509. The number of anilines is 1. The normalized spacial score (nSPS) is 13.9. The Balaban J connectivity index is 2.08. The van der Waals surface area contributed by atoms with Gasteiger partial charge < -0.3 is 19.5 Å². The predicted octanol–water partition coefficient (Wildman–Crippen LogP) is 2.37. The summed E-state index contributed by atoms with van der Waals surface area (Å²) in [5, 5.41) is 3.21. The Hall–Kier alpha value is -2.34. The summed E-state index contributed by atoms with van der Waals surface area (Å²) in [5.41, 5.74) is 2.18. The number of amidine groups is 1. The summed E-state index contributed by atoms with van der Waals surface area (Å²) >= 11 is 0. The molecule has 1 aliphatic heterocycles. The van der Waals surface area contributed by atoms with E-state index in [2.05, 4.69) is 10.3 Å². The second-order valence-corrected chi connectivity index (χ2v) is 4.75. The second kappa shape index (κ2) is 7.61. The van der Waals surface area contributed by atoms with Crippen molar-refractivity contribution in [1.29, 1.82) is 0 Å². The fourth-order valence-corrected chi connectivity index (χ4v) is 2.17. The van der Waals surface area contributed by atoms with E-state index in [-0.39, 0.29) is 5.97 Å². The quantitative estimate of drug-likeness (QED) is 0.817. The molecule has 0 aliphatic carbocycles. The number of methoxy groups -OCH3 is 3. The van der Waals surface area contributed by atoms with Crippen molar-refractivity contribution >= 4 is 17.5 Å². The lowest BCUT2D eigenvalue weighted by Gasteiger charge is -2.07. The molecule has 1 aromatic rings. The first-order chi connectivity index (χ1) is 10.7. The third-order valence-electron chi connectivity index (χ3n) is 3.32. The lowest BCUT2D eigenvalue weighted by Crippen LogP contribution is -2.13. The zero-order chi connectivity index (χ0) is 15.9. The van der Waals surface area contributed by atoms with Gasteiger partial charge in [0, 0.05) is 25.6 Å². The van der Waals surface area contributed by atoms with Crippen LogP contribution in [0.3, 0.4) is 0 Å². The maximum absolute atomic E-state index is 11.8. The van der Waals surface area contributed by atoms with Gasteiger partial charge in [0.1, 0.15) is 11.6 Å². The first kappa shape index (κ1) is 16.0. The van der Waals surface area contributed by atoms with Crippen LogP contribution in [0.4, 0.5) is 5.69 Å². The van der Waals surface area contributed by atoms with E-state index in [1.807, 2.05) is 24.3 Å². The number of esters is 1. The number of hydrogen-bond acceptors (Lipinski definition) is 6. The molecule has 0 saturated carbocycles. The molecule has 0 saturated heterocycles. The first-order valence-corrected chi connectivity index (χ1v) is 6.96. The predicted molar refractivity (Wildman–Crippen MR) is 84.2 cm³/mol. The molecule has 2 rings (SSSR count). The summed E-state index contributed by atoms with van der Waals surface area (Å²) in [7, 11) is 4.61. The van der Waals surface area contributed by atoms with Crippen molar-refractivity contribution in [3.05, 3.63) is 35.5 Å². The summed E-state index contributed by atoms with van der Waals surface area (Å²) in [6, 6.07) is 7.51. The van der Waals surface area contributed by atoms with Crippen LogP contribution in [0, 0.1) is 0 Å². The van der Waals surface area contributed by atoms with Gasteiger partial charge in [0.25, 0.3) is 0 Å². The minimum absolute atomic E-state index is 0.346. The van der Waals surface area contributed by atoms with Gasteiger partial charge in [-0.2, -0.15) is 0 Å². The highest BCUT2D eigenvalue weighted by Crippen LogP contribution is 2.25. The number of aliphatic imine (C=N–C) groups is 1. The van der Waals surface area contributed by atoms with E-state index in [0.717, 1.165) is 17.3 Å². The molecule has 118 valence electrons. The van der Waals surface area contributed by atoms with Crippen molar-refractivity contribution in [2.75, 3.05) is 33.3 Å². The minimum atomic E-state index is -0.346.